The molecule has 118 valence electrons. The van der Waals surface area contributed by atoms with Crippen LogP contribution in [0.15, 0.2) is 24.3 Å². The molecule has 3 nitrogen and oxygen atoms in total. The van der Waals surface area contributed by atoms with Gasteiger partial charge in [-0.25, -0.2) is 0 Å². The Balaban J connectivity index is 2.42. The lowest BCUT2D eigenvalue weighted by molar-refractivity contribution is -0.127. The van der Waals surface area contributed by atoms with Crippen LogP contribution in [0.25, 0.3) is 0 Å². The second-order valence-electron chi connectivity index (χ2n) is 5.69. The number of hydrogen-bond acceptors (Lipinski definition) is 2. The standard InChI is InChI=1S/C18H29NO2/c1-5-7-11-16(6-2)13-19-18(20)15(4)21-17-12-9-8-10-14(17)3/h8-10,12,15-16H,5-7,11,13H2,1-4H3,(H,19,20)/t15-,16+/m1/s1. The smallest absolute Gasteiger partial charge is 0.260 e. The maximum atomic E-state index is 12.1. The lowest BCUT2D eigenvalue weighted by Gasteiger charge is -2.19. The summed E-state index contributed by atoms with van der Waals surface area (Å²) in [6.07, 6.45) is 4.25. The Morgan fingerprint density at radius 2 is 2.00 bits per heavy atom. The van der Waals surface area contributed by atoms with E-state index in [1.165, 1.54) is 19.3 Å². The Kier molecular flexibility index (Phi) is 7.88. The van der Waals surface area contributed by atoms with Crippen molar-refractivity contribution in [3.05, 3.63) is 29.8 Å². The zero-order valence-electron chi connectivity index (χ0n) is 13.8. The molecule has 0 aromatic heterocycles. The molecule has 0 aliphatic heterocycles. The molecule has 1 rings (SSSR count). The van der Waals surface area contributed by atoms with Crippen LogP contribution in [-0.4, -0.2) is 18.6 Å². The van der Waals surface area contributed by atoms with Gasteiger partial charge in [0.2, 0.25) is 0 Å². The molecule has 0 fully saturated rings. The van der Waals surface area contributed by atoms with Gasteiger partial charge in [-0.2, -0.15) is 0 Å². The number of carbonyl (C=O) groups is 1. The number of para-hydroxylation sites is 1. The average molecular weight is 291 g/mol. The first-order valence-corrected chi connectivity index (χ1v) is 8.08. The summed E-state index contributed by atoms with van der Waals surface area (Å²) in [6.45, 7) is 8.91. The van der Waals surface area contributed by atoms with Crippen molar-refractivity contribution in [1.29, 1.82) is 0 Å². The Morgan fingerprint density at radius 3 is 2.62 bits per heavy atom. The Hall–Kier alpha value is -1.51. The number of aryl methyl sites for hydroxylation is 1. The van der Waals surface area contributed by atoms with Crippen LogP contribution in [0.1, 0.15) is 52.0 Å². The number of carbonyl (C=O) groups excluding carboxylic acids is 1. The zero-order chi connectivity index (χ0) is 15.7. The van der Waals surface area contributed by atoms with Crippen LogP contribution >= 0.6 is 0 Å². The molecule has 0 saturated heterocycles. The number of hydrogen-bond donors (Lipinski definition) is 1. The largest absolute Gasteiger partial charge is 0.481 e. The lowest BCUT2D eigenvalue weighted by Crippen LogP contribution is -2.38. The van der Waals surface area contributed by atoms with Crippen LogP contribution in [0, 0.1) is 12.8 Å². The van der Waals surface area contributed by atoms with Crippen molar-refractivity contribution in [2.45, 2.75) is 59.5 Å². The van der Waals surface area contributed by atoms with Crippen LogP contribution in [0.2, 0.25) is 0 Å². The molecule has 0 aliphatic carbocycles. The molecule has 0 radical (unpaired) electrons. The van der Waals surface area contributed by atoms with E-state index in [0.29, 0.717) is 5.92 Å². The number of nitrogens with one attached hydrogen (secondary N) is 1. The fourth-order valence-electron chi connectivity index (χ4n) is 2.26. The molecule has 0 spiro atoms. The van der Waals surface area contributed by atoms with Crippen LogP contribution in [0.5, 0.6) is 5.75 Å². The molecule has 1 aromatic carbocycles. The molecular formula is C18H29NO2. The van der Waals surface area contributed by atoms with Gasteiger partial charge in [-0.1, -0.05) is 51.3 Å². The molecule has 21 heavy (non-hydrogen) atoms. The Morgan fingerprint density at radius 1 is 1.29 bits per heavy atom. The number of amides is 1. The summed E-state index contributed by atoms with van der Waals surface area (Å²) < 4.78 is 5.74. The number of rotatable bonds is 9. The maximum Gasteiger partial charge on any atom is 0.260 e. The first-order valence-electron chi connectivity index (χ1n) is 8.08. The lowest BCUT2D eigenvalue weighted by atomic mass is 9.99. The summed E-state index contributed by atoms with van der Waals surface area (Å²) in [5.41, 5.74) is 1.05. The van der Waals surface area contributed by atoms with Gasteiger partial charge in [0.1, 0.15) is 5.75 Å². The van der Waals surface area contributed by atoms with Crippen LogP contribution in [0.3, 0.4) is 0 Å². The van der Waals surface area contributed by atoms with Gasteiger partial charge in [0.15, 0.2) is 6.10 Å². The summed E-state index contributed by atoms with van der Waals surface area (Å²) in [7, 11) is 0. The highest BCUT2D eigenvalue weighted by Gasteiger charge is 2.16. The SMILES string of the molecule is CCCC[C@H](CC)CNC(=O)[C@@H](C)Oc1ccccc1C. The van der Waals surface area contributed by atoms with E-state index >= 15 is 0 Å². The quantitative estimate of drug-likeness (QED) is 0.744. The van der Waals surface area contributed by atoms with Crippen molar-refractivity contribution in [3.8, 4) is 5.75 Å². The minimum absolute atomic E-state index is 0.0341. The fourth-order valence-corrected chi connectivity index (χ4v) is 2.26. The van der Waals surface area contributed by atoms with Gasteiger partial charge in [-0.15, -0.1) is 0 Å². The van der Waals surface area contributed by atoms with Crippen LogP contribution in [-0.2, 0) is 4.79 Å². The van der Waals surface area contributed by atoms with Crippen molar-refractivity contribution >= 4 is 5.91 Å². The van der Waals surface area contributed by atoms with Gasteiger partial charge in [-0.3, -0.25) is 4.79 Å². The van der Waals surface area contributed by atoms with Crippen molar-refractivity contribution in [2.24, 2.45) is 5.92 Å². The highest BCUT2D eigenvalue weighted by Crippen LogP contribution is 2.18. The second-order valence-corrected chi connectivity index (χ2v) is 5.69. The van der Waals surface area contributed by atoms with E-state index in [9.17, 15) is 4.79 Å². The summed E-state index contributed by atoms with van der Waals surface area (Å²) in [5, 5.41) is 3.02. The van der Waals surface area contributed by atoms with Crippen LogP contribution in [0.4, 0.5) is 0 Å². The van der Waals surface area contributed by atoms with E-state index < -0.39 is 6.10 Å². The molecule has 0 saturated carbocycles. The molecule has 2 atom stereocenters. The summed E-state index contributed by atoms with van der Waals surface area (Å²) in [5.74, 6) is 1.31. The van der Waals surface area contributed by atoms with Crippen molar-refractivity contribution in [2.75, 3.05) is 6.54 Å². The topological polar surface area (TPSA) is 38.3 Å². The average Bonchev–Trinajstić information content (AvgIpc) is 2.49. The van der Waals surface area contributed by atoms with Crippen LogP contribution < -0.4 is 10.1 Å². The second kappa shape index (κ2) is 9.43. The first kappa shape index (κ1) is 17.5. The van der Waals surface area contributed by atoms with Crippen molar-refractivity contribution in [1.82, 2.24) is 5.32 Å². The minimum Gasteiger partial charge on any atom is -0.481 e. The molecule has 0 heterocycles. The van der Waals surface area contributed by atoms with E-state index in [-0.39, 0.29) is 5.91 Å². The Labute approximate surface area is 129 Å². The fraction of sp³-hybridized carbons (Fsp3) is 0.611. The Bertz CT molecular complexity index is 431. The van der Waals surface area contributed by atoms with Gasteiger partial charge in [0.05, 0.1) is 0 Å². The first-order chi connectivity index (χ1) is 10.1. The van der Waals surface area contributed by atoms with Gasteiger partial charge < -0.3 is 10.1 Å². The highest BCUT2D eigenvalue weighted by atomic mass is 16.5. The molecule has 1 N–H and O–H groups in total. The predicted octanol–water partition coefficient (Wildman–Crippen LogP) is 4.09. The van der Waals surface area contributed by atoms with Crippen molar-refractivity contribution in [3.63, 3.8) is 0 Å². The van der Waals surface area contributed by atoms with Gasteiger partial charge in [0.25, 0.3) is 5.91 Å². The van der Waals surface area contributed by atoms with E-state index in [4.69, 9.17) is 4.74 Å². The molecule has 0 bridgehead atoms. The summed E-state index contributed by atoms with van der Waals surface area (Å²) >= 11 is 0. The van der Waals surface area contributed by atoms with Gasteiger partial charge in [0, 0.05) is 6.54 Å². The van der Waals surface area contributed by atoms with Gasteiger partial charge in [-0.05, 0) is 37.8 Å². The van der Waals surface area contributed by atoms with E-state index in [0.717, 1.165) is 24.3 Å². The third-order valence-corrected chi connectivity index (χ3v) is 3.87. The van der Waals surface area contributed by atoms with Gasteiger partial charge >= 0.3 is 0 Å². The number of ether oxygens (including phenoxy) is 1. The van der Waals surface area contributed by atoms with E-state index in [1.54, 1.807) is 6.92 Å². The molecular weight excluding hydrogens is 262 g/mol. The highest BCUT2D eigenvalue weighted by molar-refractivity contribution is 5.80. The third kappa shape index (κ3) is 6.19. The summed E-state index contributed by atoms with van der Waals surface area (Å²) in [6, 6.07) is 7.77. The molecule has 1 aromatic rings. The molecule has 0 unspecified atom stereocenters. The number of unbranched alkanes of at least 4 members (excludes halogenated alkanes) is 1. The third-order valence-electron chi connectivity index (χ3n) is 3.87. The minimum atomic E-state index is -0.463. The number of benzene rings is 1. The van der Waals surface area contributed by atoms with E-state index in [2.05, 4.69) is 19.2 Å². The predicted molar refractivity (Wildman–Crippen MR) is 87.6 cm³/mol. The molecule has 3 heteroatoms. The zero-order valence-corrected chi connectivity index (χ0v) is 13.8. The van der Waals surface area contributed by atoms with Crippen molar-refractivity contribution < 1.29 is 9.53 Å². The monoisotopic (exact) mass is 291 g/mol. The normalized spacial score (nSPS) is 13.5. The van der Waals surface area contributed by atoms with E-state index in [1.807, 2.05) is 31.2 Å². The molecule has 1 amide bonds. The summed E-state index contributed by atoms with van der Waals surface area (Å²) in [4.78, 5) is 12.1. The molecule has 0 aliphatic rings. The maximum absolute atomic E-state index is 12.1.